The van der Waals surface area contributed by atoms with Gasteiger partial charge in [0.2, 0.25) is 0 Å². The first-order valence-corrected chi connectivity index (χ1v) is 9.91. The van der Waals surface area contributed by atoms with E-state index in [2.05, 4.69) is 50.2 Å². The van der Waals surface area contributed by atoms with Crippen LogP contribution in [-0.4, -0.2) is 32.7 Å². The molecule has 2 aromatic heterocycles. The molecule has 7 nitrogen and oxygen atoms in total. The summed E-state index contributed by atoms with van der Waals surface area (Å²) in [4.78, 5) is 4.86. The minimum atomic E-state index is 0.611. The van der Waals surface area contributed by atoms with Crippen LogP contribution in [0.2, 0.25) is 0 Å². The highest BCUT2D eigenvalue weighted by Crippen LogP contribution is 2.31. The summed E-state index contributed by atoms with van der Waals surface area (Å²) >= 11 is 0. The van der Waals surface area contributed by atoms with E-state index in [1.807, 2.05) is 54.6 Å². The highest BCUT2D eigenvalue weighted by Gasteiger charge is 2.09. The minimum absolute atomic E-state index is 0.611. The van der Waals surface area contributed by atoms with Crippen molar-refractivity contribution >= 4 is 22.3 Å². The zero-order valence-electron chi connectivity index (χ0n) is 16.9. The van der Waals surface area contributed by atoms with E-state index in [1.54, 1.807) is 7.11 Å². The van der Waals surface area contributed by atoms with E-state index in [-0.39, 0.29) is 0 Å². The Balaban J connectivity index is 1.51. The molecule has 0 unspecified atom stereocenters. The molecule has 0 fully saturated rings. The zero-order chi connectivity index (χ0) is 21.0. The summed E-state index contributed by atoms with van der Waals surface area (Å²) in [5.74, 6) is 1.48. The molecule has 2 N–H and O–H groups in total. The third kappa shape index (κ3) is 4.06. The number of nitrogens with one attached hydrogen (secondary N) is 2. The smallest absolute Gasteiger partial charge is 0.178 e. The minimum Gasteiger partial charge on any atom is -0.497 e. The fourth-order valence-electron chi connectivity index (χ4n) is 3.54. The number of ether oxygens (including phenoxy) is 1. The first-order valence-electron chi connectivity index (χ1n) is 9.91. The predicted octanol–water partition coefficient (Wildman–Crippen LogP) is 4.76. The van der Waals surface area contributed by atoms with Gasteiger partial charge in [-0.05, 0) is 54.1 Å². The number of hydrogen-bond donors (Lipinski definition) is 2. The van der Waals surface area contributed by atoms with Crippen molar-refractivity contribution in [2.24, 2.45) is 0 Å². The van der Waals surface area contributed by atoms with Crippen molar-refractivity contribution < 1.29 is 4.74 Å². The molecule has 0 bridgehead atoms. The maximum absolute atomic E-state index is 5.28. The predicted molar refractivity (Wildman–Crippen MR) is 120 cm³/mol. The van der Waals surface area contributed by atoms with Crippen LogP contribution >= 0.6 is 0 Å². The number of para-hydroxylation sites is 1. The quantitative estimate of drug-likeness (QED) is 0.421. The number of benzene rings is 3. The number of rotatable bonds is 6. The number of aromatic amines is 1. The van der Waals surface area contributed by atoms with Crippen LogP contribution in [0.15, 0.2) is 78.9 Å². The van der Waals surface area contributed by atoms with Gasteiger partial charge in [0.1, 0.15) is 5.75 Å². The number of pyridine rings is 1. The normalized spacial score (nSPS) is 10.9. The summed E-state index contributed by atoms with van der Waals surface area (Å²) in [6.07, 6.45) is 0.611. The Morgan fingerprint density at radius 1 is 0.935 bits per heavy atom. The van der Waals surface area contributed by atoms with E-state index < -0.39 is 0 Å². The van der Waals surface area contributed by atoms with E-state index in [0.29, 0.717) is 12.2 Å². The van der Waals surface area contributed by atoms with Gasteiger partial charge in [-0.15, -0.1) is 10.2 Å². The maximum atomic E-state index is 5.28. The van der Waals surface area contributed by atoms with E-state index in [1.165, 1.54) is 0 Å². The lowest BCUT2D eigenvalue weighted by molar-refractivity contribution is 0.415. The number of anilines is 2. The lowest BCUT2D eigenvalue weighted by atomic mass is 10.1. The van der Waals surface area contributed by atoms with E-state index in [9.17, 15) is 0 Å². The van der Waals surface area contributed by atoms with Gasteiger partial charge in [-0.1, -0.05) is 35.5 Å². The fraction of sp³-hybridized carbons (Fsp3) is 0.0833. The lowest BCUT2D eigenvalue weighted by Gasteiger charge is -2.13. The SMILES string of the molecule is COc1ccc(-c2cc(Nc3cccc(Cc4nn[nH]n4)c3)c3ccccc3n2)cc1. The number of fused-ring (bicyclic) bond motifs is 1. The third-order valence-electron chi connectivity index (χ3n) is 5.06. The van der Waals surface area contributed by atoms with Crippen molar-refractivity contribution in [2.75, 3.05) is 12.4 Å². The molecule has 31 heavy (non-hydrogen) atoms. The second-order valence-corrected chi connectivity index (χ2v) is 7.13. The van der Waals surface area contributed by atoms with Crippen molar-refractivity contribution in [1.82, 2.24) is 25.6 Å². The highest BCUT2D eigenvalue weighted by atomic mass is 16.5. The van der Waals surface area contributed by atoms with Crippen LogP contribution in [0.25, 0.3) is 22.2 Å². The topological polar surface area (TPSA) is 88.6 Å². The van der Waals surface area contributed by atoms with Gasteiger partial charge in [0, 0.05) is 23.1 Å². The molecule has 5 aromatic rings. The van der Waals surface area contributed by atoms with Gasteiger partial charge in [-0.2, -0.15) is 5.21 Å². The number of methoxy groups -OCH3 is 1. The van der Waals surface area contributed by atoms with Gasteiger partial charge < -0.3 is 10.1 Å². The summed E-state index contributed by atoms with van der Waals surface area (Å²) in [6.45, 7) is 0. The molecule has 0 saturated heterocycles. The molecule has 0 atom stereocenters. The fourth-order valence-corrected chi connectivity index (χ4v) is 3.54. The molecule has 0 saturated carbocycles. The van der Waals surface area contributed by atoms with Crippen LogP contribution in [0.4, 0.5) is 11.4 Å². The largest absolute Gasteiger partial charge is 0.497 e. The van der Waals surface area contributed by atoms with Crippen LogP contribution in [0.1, 0.15) is 11.4 Å². The second-order valence-electron chi connectivity index (χ2n) is 7.13. The summed E-state index contributed by atoms with van der Waals surface area (Å²) < 4.78 is 5.28. The van der Waals surface area contributed by atoms with Crippen LogP contribution in [0.5, 0.6) is 5.75 Å². The van der Waals surface area contributed by atoms with Gasteiger partial charge in [0.25, 0.3) is 0 Å². The number of aromatic nitrogens is 5. The Kier molecular flexibility index (Phi) is 4.98. The molecule has 3 aromatic carbocycles. The molecule has 0 aliphatic rings. The maximum Gasteiger partial charge on any atom is 0.178 e. The Morgan fingerprint density at radius 3 is 2.61 bits per heavy atom. The van der Waals surface area contributed by atoms with Crippen molar-refractivity contribution in [3.8, 4) is 17.0 Å². The molecular weight excluding hydrogens is 388 g/mol. The Morgan fingerprint density at radius 2 is 1.81 bits per heavy atom. The second kappa shape index (κ2) is 8.23. The first kappa shape index (κ1) is 18.7. The van der Waals surface area contributed by atoms with Crippen molar-refractivity contribution in [2.45, 2.75) is 6.42 Å². The van der Waals surface area contributed by atoms with Crippen molar-refractivity contribution in [1.29, 1.82) is 0 Å². The average Bonchev–Trinajstić information content (AvgIpc) is 3.32. The Bertz CT molecular complexity index is 1320. The molecule has 2 heterocycles. The van der Waals surface area contributed by atoms with Crippen LogP contribution in [0.3, 0.4) is 0 Å². The molecule has 5 rings (SSSR count). The molecule has 0 radical (unpaired) electrons. The number of H-pyrrole nitrogens is 1. The van der Waals surface area contributed by atoms with Gasteiger partial charge in [0.15, 0.2) is 5.82 Å². The van der Waals surface area contributed by atoms with Crippen LogP contribution < -0.4 is 10.1 Å². The van der Waals surface area contributed by atoms with E-state index in [0.717, 1.165) is 44.8 Å². The molecule has 0 amide bonds. The van der Waals surface area contributed by atoms with Gasteiger partial charge >= 0.3 is 0 Å². The molecule has 0 aliphatic carbocycles. The van der Waals surface area contributed by atoms with Crippen molar-refractivity contribution in [3.63, 3.8) is 0 Å². The first-order chi connectivity index (χ1) is 15.3. The zero-order valence-corrected chi connectivity index (χ0v) is 16.9. The van der Waals surface area contributed by atoms with Gasteiger partial charge in [-0.3, -0.25) is 0 Å². The standard InChI is InChI=1S/C24H20N6O/c1-31-19-11-9-17(10-12-19)22-15-23(20-7-2-3-8-21(20)26-22)25-18-6-4-5-16(13-18)14-24-27-29-30-28-24/h2-13,15H,14H2,1H3,(H,25,26)(H,27,28,29,30). The third-order valence-corrected chi connectivity index (χ3v) is 5.06. The van der Waals surface area contributed by atoms with Gasteiger partial charge in [-0.25, -0.2) is 4.98 Å². The molecule has 7 heteroatoms. The Labute approximate surface area is 179 Å². The van der Waals surface area contributed by atoms with E-state index >= 15 is 0 Å². The monoisotopic (exact) mass is 408 g/mol. The van der Waals surface area contributed by atoms with Crippen LogP contribution in [-0.2, 0) is 6.42 Å². The molecule has 0 spiro atoms. The summed E-state index contributed by atoms with van der Waals surface area (Å²) in [6, 6.07) is 26.3. The average molecular weight is 408 g/mol. The molecule has 0 aliphatic heterocycles. The van der Waals surface area contributed by atoms with Crippen LogP contribution in [0, 0.1) is 0 Å². The Hall–Kier alpha value is -4.26. The lowest BCUT2D eigenvalue weighted by Crippen LogP contribution is -1.97. The van der Waals surface area contributed by atoms with Gasteiger partial charge in [0.05, 0.1) is 24.0 Å². The summed E-state index contributed by atoms with van der Waals surface area (Å²) in [7, 11) is 1.66. The summed E-state index contributed by atoms with van der Waals surface area (Å²) in [5.41, 5.74) is 5.93. The number of nitrogens with zero attached hydrogens (tertiary/aromatic N) is 4. The molecular formula is C24H20N6O. The van der Waals surface area contributed by atoms with Crippen molar-refractivity contribution in [3.05, 3.63) is 90.3 Å². The summed E-state index contributed by atoms with van der Waals surface area (Å²) in [5, 5.41) is 18.8. The number of hydrogen-bond acceptors (Lipinski definition) is 6. The number of tetrazole rings is 1. The highest BCUT2D eigenvalue weighted by molar-refractivity contribution is 5.95. The van der Waals surface area contributed by atoms with E-state index in [4.69, 9.17) is 9.72 Å². The molecule has 152 valence electrons.